The van der Waals surface area contributed by atoms with Crippen molar-refractivity contribution in [2.75, 3.05) is 6.61 Å². The Hall–Kier alpha value is -1.27. The molecule has 1 fully saturated rings. The van der Waals surface area contributed by atoms with Crippen molar-refractivity contribution in [3.8, 4) is 0 Å². The van der Waals surface area contributed by atoms with Crippen molar-refractivity contribution in [2.24, 2.45) is 0 Å². The van der Waals surface area contributed by atoms with Crippen molar-refractivity contribution < 1.29 is 19.4 Å². The first-order chi connectivity index (χ1) is 10.00. The fraction of sp³-hybridized carbons (Fsp3) is 0.667. The number of carbonyl (C=O) groups excluding carboxylic acids is 1. The van der Waals surface area contributed by atoms with E-state index in [9.17, 15) is 14.7 Å². The third-order valence-corrected chi connectivity index (χ3v) is 5.21. The molecule has 0 spiro atoms. The molecule has 5 nitrogen and oxygen atoms in total. The highest BCUT2D eigenvalue weighted by Gasteiger charge is 2.38. The maximum absolute atomic E-state index is 11.7. The van der Waals surface area contributed by atoms with Crippen LogP contribution in [0.4, 0.5) is 0 Å². The molecule has 21 heavy (non-hydrogen) atoms. The standard InChI is InChI=1S/C15H21NO4S/c1-3-20-15(8-6-4-5-7-9-15)14-16-11(13(18)19)12(21-14)10(2)17/h3-9H2,1-2H3,(H,18,19). The van der Waals surface area contributed by atoms with E-state index in [4.69, 9.17) is 4.74 Å². The number of nitrogens with zero attached hydrogens (tertiary/aromatic N) is 1. The number of Topliss-reactive ketones (excluding diaryl/α,β-unsaturated/α-hetero) is 1. The summed E-state index contributed by atoms with van der Waals surface area (Å²) >= 11 is 1.18. The largest absolute Gasteiger partial charge is 0.476 e. The second kappa shape index (κ2) is 6.66. The lowest BCUT2D eigenvalue weighted by molar-refractivity contribution is -0.0560. The first-order valence-corrected chi connectivity index (χ1v) is 8.21. The molecule has 1 saturated carbocycles. The third-order valence-electron chi connectivity index (χ3n) is 3.87. The molecule has 0 bridgehead atoms. The van der Waals surface area contributed by atoms with Crippen molar-refractivity contribution in [2.45, 2.75) is 58.0 Å². The number of hydrogen-bond acceptors (Lipinski definition) is 5. The molecular weight excluding hydrogens is 290 g/mol. The molecule has 116 valence electrons. The molecule has 0 radical (unpaired) electrons. The average Bonchev–Trinajstić information content (AvgIpc) is 2.76. The SMILES string of the molecule is CCOC1(c2nc(C(=O)O)c(C(C)=O)s2)CCCCCC1. The zero-order valence-corrected chi connectivity index (χ0v) is 13.3. The molecule has 0 aromatic carbocycles. The summed E-state index contributed by atoms with van der Waals surface area (Å²) in [6, 6.07) is 0. The lowest BCUT2D eigenvalue weighted by atomic mass is 9.95. The number of hydrogen-bond donors (Lipinski definition) is 1. The number of carboxylic acid groups (broad SMARTS) is 1. The van der Waals surface area contributed by atoms with E-state index in [2.05, 4.69) is 4.98 Å². The molecular formula is C15H21NO4S. The Morgan fingerprint density at radius 2 is 1.90 bits per heavy atom. The van der Waals surface area contributed by atoms with Gasteiger partial charge in [0.25, 0.3) is 0 Å². The van der Waals surface area contributed by atoms with E-state index in [1.807, 2.05) is 6.92 Å². The van der Waals surface area contributed by atoms with Crippen LogP contribution < -0.4 is 0 Å². The Kier molecular flexibility index (Phi) is 5.11. The number of thiazole rings is 1. The summed E-state index contributed by atoms with van der Waals surface area (Å²) in [4.78, 5) is 27.4. The topological polar surface area (TPSA) is 76.5 Å². The lowest BCUT2D eigenvalue weighted by Gasteiger charge is -2.30. The van der Waals surface area contributed by atoms with Crippen molar-refractivity contribution in [1.29, 1.82) is 0 Å². The van der Waals surface area contributed by atoms with Crippen LogP contribution >= 0.6 is 11.3 Å². The van der Waals surface area contributed by atoms with E-state index in [0.717, 1.165) is 38.5 Å². The van der Waals surface area contributed by atoms with Crippen molar-refractivity contribution in [1.82, 2.24) is 4.98 Å². The quantitative estimate of drug-likeness (QED) is 0.663. The maximum Gasteiger partial charge on any atom is 0.356 e. The number of ether oxygens (including phenoxy) is 1. The summed E-state index contributed by atoms with van der Waals surface area (Å²) in [6.45, 7) is 3.87. The zero-order valence-electron chi connectivity index (χ0n) is 12.5. The molecule has 2 rings (SSSR count). The summed E-state index contributed by atoms with van der Waals surface area (Å²) in [5.74, 6) is -1.40. The van der Waals surface area contributed by atoms with Gasteiger partial charge in [0, 0.05) is 13.5 Å². The van der Waals surface area contributed by atoms with Gasteiger partial charge in [-0.15, -0.1) is 11.3 Å². The van der Waals surface area contributed by atoms with Gasteiger partial charge in [0.15, 0.2) is 11.5 Å². The Labute approximate surface area is 128 Å². The second-order valence-electron chi connectivity index (χ2n) is 5.40. The van der Waals surface area contributed by atoms with Crippen molar-refractivity contribution in [3.05, 3.63) is 15.6 Å². The van der Waals surface area contributed by atoms with Crippen LogP contribution in [0.1, 0.15) is 77.5 Å². The fourth-order valence-electron chi connectivity index (χ4n) is 2.89. The van der Waals surface area contributed by atoms with Crippen LogP contribution in [0.2, 0.25) is 0 Å². The number of aromatic nitrogens is 1. The van der Waals surface area contributed by atoms with Crippen LogP contribution in [-0.4, -0.2) is 28.4 Å². The van der Waals surface area contributed by atoms with Crippen LogP contribution in [0.5, 0.6) is 0 Å². The van der Waals surface area contributed by atoms with Gasteiger partial charge in [-0.1, -0.05) is 25.7 Å². The fourth-order valence-corrected chi connectivity index (χ4v) is 4.05. The molecule has 1 N–H and O–H groups in total. The molecule has 1 heterocycles. The normalized spacial score (nSPS) is 18.2. The third kappa shape index (κ3) is 3.32. The molecule has 0 atom stereocenters. The summed E-state index contributed by atoms with van der Waals surface area (Å²) in [6.07, 6.45) is 6.07. The van der Waals surface area contributed by atoms with Crippen LogP contribution in [-0.2, 0) is 10.3 Å². The van der Waals surface area contributed by atoms with Gasteiger partial charge in [0.2, 0.25) is 0 Å². The molecule has 6 heteroatoms. The van der Waals surface area contributed by atoms with E-state index in [1.165, 1.54) is 18.3 Å². The Balaban J connectivity index is 2.47. The van der Waals surface area contributed by atoms with E-state index in [0.29, 0.717) is 11.6 Å². The van der Waals surface area contributed by atoms with Gasteiger partial charge in [0.1, 0.15) is 15.5 Å². The molecule has 0 amide bonds. The lowest BCUT2D eigenvalue weighted by Crippen LogP contribution is -2.29. The van der Waals surface area contributed by atoms with Gasteiger partial charge in [0.05, 0.1) is 0 Å². The molecule has 1 aromatic rings. The van der Waals surface area contributed by atoms with Gasteiger partial charge in [-0.2, -0.15) is 0 Å². The summed E-state index contributed by atoms with van der Waals surface area (Å²) in [5.41, 5.74) is -0.654. The highest BCUT2D eigenvalue weighted by atomic mass is 32.1. The van der Waals surface area contributed by atoms with E-state index in [-0.39, 0.29) is 16.4 Å². The van der Waals surface area contributed by atoms with Gasteiger partial charge in [-0.05, 0) is 19.8 Å². The molecule has 1 aliphatic rings. The highest BCUT2D eigenvalue weighted by molar-refractivity contribution is 7.14. The maximum atomic E-state index is 11.7. The number of carbonyl (C=O) groups is 2. The van der Waals surface area contributed by atoms with E-state index >= 15 is 0 Å². The van der Waals surface area contributed by atoms with Gasteiger partial charge < -0.3 is 9.84 Å². The highest BCUT2D eigenvalue weighted by Crippen LogP contribution is 2.42. The molecule has 1 aromatic heterocycles. The Bertz CT molecular complexity index is 498. The van der Waals surface area contributed by atoms with Gasteiger partial charge in [-0.3, -0.25) is 4.79 Å². The first-order valence-electron chi connectivity index (χ1n) is 7.39. The predicted octanol–water partition coefficient (Wildman–Crippen LogP) is 3.63. The van der Waals surface area contributed by atoms with Crippen LogP contribution in [0.15, 0.2) is 0 Å². The number of ketones is 1. The second-order valence-corrected chi connectivity index (χ2v) is 6.40. The zero-order chi connectivity index (χ0) is 15.5. The van der Waals surface area contributed by atoms with Gasteiger partial charge >= 0.3 is 5.97 Å². The predicted molar refractivity (Wildman–Crippen MR) is 80.1 cm³/mol. The van der Waals surface area contributed by atoms with E-state index in [1.54, 1.807) is 0 Å². The van der Waals surface area contributed by atoms with Crippen molar-refractivity contribution in [3.63, 3.8) is 0 Å². The van der Waals surface area contributed by atoms with Crippen molar-refractivity contribution >= 4 is 23.1 Å². The molecule has 0 saturated heterocycles. The molecule has 0 aliphatic heterocycles. The minimum atomic E-state index is -1.15. The Morgan fingerprint density at radius 1 is 1.29 bits per heavy atom. The summed E-state index contributed by atoms with van der Waals surface area (Å²) < 4.78 is 6.01. The van der Waals surface area contributed by atoms with Gasteiger partial charge in [-0.25, -0.2) is 9.78 Å². The minimum Gasteiger partial charge on any atom is -0.476 e. The summed E-state index contributed by atoms with van der Waals surface area (Å²) in [7, 11) is 0. The Morgan fingerprint density at radius 3 is 2.33 bits per heavy atom. The molecule has 1 aliphatic carbocycles. The smallest absolute Gasteiger partial charge is 0.356 e. The van der Waals surface area contributed by atoms with Crippen LogP contribution in [0.25, 0.3) is 0 Å². The summed E-state index contributed by atoms with van der Waals surface area (Å²) in [5, 5.41) is 9.89. The van der Waals surface area contributed by atoms with E-state index < -0.39 is 11.6 Å². The van der Waals surface area contributed by atoms with Crippen LogP contribution in [0.3, 0.4) is 0 Å². The number of carboxylic acids is 1. The first kappa shape index (κ1) is 16.1. The minimum absolute atomic E-state index is 0.133. The number of aromatic carboxylic acids is 1. The monoisotopic (exact) mass is 311 g/mol. The molecule has 0 unspecified atom stereocenters. The van der Waals surface area contributed by atoms with Crippen LogP contribution in [0, 0.1) is 0 Å². The average molecular weight is 311 g/mol. The number of rotatable bonds is 5.